The summed E-state index contributed by atoms with van der Waals surface area (Å²) in [5.74, 6) is 0.586. The summed E-state index contributed by atoms with van der Waals surface area (Å²) in [4.78, 5) is 8.78. The summed E-state index contributed by atoms with van der Waals surface area (Å²) in [7, 11) is 0. The molecule has 4 nitrogen and oxygen atoms in total. The van der Waals surface area contributed by atoms with Crippen LogP contribution in [0.2, 0.25) is 0 Å². The van der Waals surface area contributed by atoms with Crippen molar-refractivity contribution in [1.82, 2.24) is 9.97 Å². The number of rotatable bonds is 6. The standard InChI is InChI=1S/C15H17N3O/c1-3-9-19-11-14-10-12(2)16-15(18-14)17-13-7-5-4-6-8-13/h3-8,10H,1,9,11H2,2H3,(H,16,17,18). The van der Waals surface area contributed by atoms with Gasteiger partial charge in [-0.15, -0.1) is 6.58 Å². The van der Waals surface area contributed by atoms with Crippen molar-refractivity contribution >= 4 is 11.6 Å². The van der Waals surface area contributed by atoms with Gasteiger partial charge < -0.3 is 10.1 Å². The molecule has 0 atom stereocenters. The summed E-state index contributed by atoms with van der Waals surface area (Å²) in [6.45, 7) is 6.53. The molecule has 1 heterocycles. The molecule has 1 aromatic carbocycles. The zero-order chi connectivity index (χ0) is 13.5. The number of hydrogen-bond donors (Lipinski definition) is 1. The highest BCUT2D eigenvalue weighted by molar-refractivity contribution is 5.52. The summed E-state index contributed by atoms with van der Waals surface area (Å²) < 4.78 is 5.39. The molecule has 0 amide bonds. The van der Waals surface area contributed by atoms with Crippen LogP contribution in [0, 0.1) is 6.92 Å². The topological polar surface area (TPSA) is 47.0 Å². The Kier molecular flexibility index (Phi) is 4.64. The summed E-state index contributed by atoms with van der Waals surface area (Å²) in [6.07, 6.45) is 1.72. The molecular formula is C15H17N3O. The van der Waals surface area contributed by atoms with Gasteiger partial charge in [-0.25, -0.2) is 9.97 Å². The lowest BCUT2D eigenvalue weighted by Gasteiger charge is -2.08. The van der Waals surface area contributed by atoms with Gasteiger partial charge in [0, 0.05) is 11.4 Å². The molecule has 0 bridgehead atoms. The Labute approximate surface area is 113 Å². The summed E-state index contributed by atoms with van der Waals surface area (Å²) in [5.41, 5.74) is 2.73. The highest BCUT2D eigenvalue weighted by Crippen LogP contribution is 2.13. The van der Waals surface area contributed by atoms with E-state index >= 15 is 0 Å². The Morgan fingerprint density at radius 2 is 2.05 bits per heavy atom. The van der Waals surface area contributed by atoms with Gasteiger partial charge in [-0.1, -0.05) is 24.3 Å². The van der Waals surface area contributed by atoms with E-state index in [0.717, 1.165) is 17.1 Å². The monoisotopic (exact) mass is 255 g/mol. The van der Waals surface area contributed by atoms with Crippen molar-refractivity contribution in [1.29, 1.82) is 0 Å². The third-order valence-corrected chi connectivity index (χ3v) is 2.42. The van der Waals surface area contributed by atoms with E-state index in [-0.39, 0.29) is 0 Å². The van der Waals surface area contributed by atoms with Crippen LogP contribution >= 0.6 is 0 Å². The predicted molar refractivity (Wildman–Crippen MR) is 76.3 cm³/mol. The van der Waals surface area contributed by atoms with E-state index in [1.165, 1.54) is 0 Å². The average Bonchev–Trinajstić information content (AvgIpc) is 2.39. The molecule has 0 saturated carbocycles. The Bertz CT molecular complexity index is 540. The average molecular weight is 255 g/mol. The van der Waals surface area contributed by atoms with Gasteiger partial charge in [0.1, 0.15) is 0 Å². The largest absolute Gasteiger partial charge is 0.371 e. The van der Waals surface area contributed by atoms with Gasteiger partial charge >= 0.3 is 0 Å². The fraction of sp³-hybridized carbons (Fsp3) is 0.200. The Morgan fingerprint density at radius 1 is 1.26 bits per heavy atom. The van der Waals surface area contributed by atoms with Crippen molar-refractivity contribution in [3.63, 3.8) is 0 Å². The first kappa shape index (κ1) is 13.2. The van der Waals surface area contributed by atoms with E-state index < -0.39 is 0 Å². The van der Waals surface area contributed by atoms with Crippen molar-refractivity contribution in [2.24, 2.45) is 0 Å². The van der Waals surface area contributed by atoms with Crippen LogP contribution in [0.5, 0.6) is 0 Å². The molecule has 98 valence electrons. The number of aryl methyl sites for hydroxylation is 1. The van der Waals surface area contributed by atoms with Crippen LogP contribution in [0.1, 0.15) is 11.4 Å². The molecule has 2 rings (SSSR count). The number of aromatic nitrogens is 2. The number of benzene rings is 1. The lowest BCUT2D eigenvalue weighted by molar-refractivity contribution is 0.146. The Morgan fingerprint density at radius 3 is 2.79 bits per heavy atom. The second-order valence-corrected chi connectivity index (χ2v) is 4.12. The minimum Gasteiger partial charge on any atom is -0.371 e. The zero-order valence-electron chi connectivity index (χ0n) is 11.0. The van der Waals surface area contributed by atoms with Gasteiger partial charge in [-0.2, -0.15) is 0 Å². The van der Waals surface area contributed by atoms with Crippen LogP contribution in [-0.2, 0) is 11.3 Å². The van der Waals surface area contributed by atoms with Crippen LogP contribution in [0.25, 0.3) is 0 Å². The van der Waals surface area contributed by atoms with Gasteiger partial charge in [0.15, 0.2) is 0 Å². The SMILES string of the molecule is C=CCOCc1cc(C)nc(Nc2ccccc2)n1. The molecule has 19 heavy (non-hydrogen) atoms. The molecule has 1 N–H and O–H groups in total. The molecule has 0 saturated heterocycles. The van der Waals surface area contributed by atoms with Crippen molar-refractivity contribution in [3.05, 3.63) is 60.4 Å². The number of hydrogen-bond acceptors (Lipinski definition) is 4. The minimum absolute atomic E-state index is 0.457. The van der Waals surface area contributed by atoms with E-state index in [4.69, 9.17) is 4.74 Å². The van der Waals surface area contributed by atoms with Gasteiger partial charge in [0.2, 0.25) is 5.95 Å². The molecule has 4 heteroatoms. The van der Waals surface area contributed by atoms with Crippen molar-refractivity contribution in [2.75, 3.05) is 11.9 Å². The fourth-order valence-corrected chi connectivity index (χ4v) is 1.66. The maximum atomic E-state index is 5.39. The summed E-state index contributed by atoms with van der Waals surface area (Å²) in [5, 5.41) is 3.18. The van der Waals surface area contributed by atoms with Crippen molar-refractivity contribution in [2.45, 2.75) is 13.5 Å². The van der Waals surface area contributed by atoms with Crippen LogP contribution in [0.4, 0.5) is 11.6 Å². The molecule has 0 radical (unpaired) electrons. The van der Waals surface area contributed by atoms with Crippen LogP contribution in [0.15, 0.2) is 49.1 Å². The van der Waals surface area contributed by atoms with Gasteiger partial charge in [-0.05, 0) is 25.1 Å². The van der Waals surface area contributed by atoms with Crippen LogP contribution < -0.4 is 5.32 Å². The molecule has 0 fully saturated rings. The zero-order valence-corrected chi connectivity index (χ0v) is 11.0. The lowest BCUT2D eigenvalue weighted by atomic mass is 10.3. The van der Waals surface area contributed by atoms with Crippen molar-refractivity contribution in [3.8, 4) is 0 Å². The maximum absolute atomic E-state index is 5.39. The van der Waals surface area contributed by atoms with Crippen LogP contribution in [0.3, 0.4) is 0 Å². The second kappa shape index (κ2) is 6.66. The Balaban J connectivity index is 2.10. The second-order valence-electron chi connectivity index (χ2n) is 4.12. The van der Waals surface area contributed by atoms with E-state index in [1.807, 2.05) is 43.3 Å². The highest BCUT2D eigenvalue weighted by atomic mass is 16.5. The van der Waals surface area contributed by atoms with Gasteiger partial charge in [-0.3, -0.25) is 0 Å². The summed E-state index contributed by atoms with van der Waals surface area (Å²) >= 11 is 0. The number of para-hydroxylation sites is 1. The molecule has 0 unspecified atom stereocenters. The number of nitrogens with zero attached hydrogens (tertiary/aromatic N) is 2. The van der Waals surface area contributed by atoms with E-state index in [0.29, 0.717) is 19.2 Å². The first-order valence-electron chi connectivity index (χ1n) is 6.13. The van der Waals surface area contributed by atoms with Gasteiger partial charge in [0.05, 0.1) is 18.9 Å². The van der Waals surface area contributed by atoms with E-state index in [2.05, 4.69) is 21.9 Å². The molecule has 0 aliphatic rings. The molecule has 1 aromatic heterocycles. The van der Waals surface area contributed by atoms with Gasteiger partial charge in [0.25, 0.3) is 0 Å². The molecule has 0 aliphatic heterocycles. The molecule has 2 aromatic rings. The normalized spacial score (nSPS) is 10.2. The minimum atomic E-state index is 0.457. The predicted octanol–water partition coefficient (Wildman–Crippen LogP) is 3.23. The maximum Gasteiger partial charge on any atom is 0.227 e. The molecule has 0 spiro atoms. The molecule has 0 aliphatic carbocycles. The smallest absolute Gasteiger partial charge is 0.227 e. The number of nitrogens with one attached hydrogen (secondary N) is 1. The molecular weight excluding hydrogens is 238 g/mol. The van der Waals surface area contributed by atoms with Crippen LogP contribution in [-0.4, -0.2) is 16.6 Å². The quantitative estimate of drug-likeness (QED) is 0.636. The Hall–Kier alpha value is -2.20. The summed E-state index contributed by atoms with van der Waals surface area (Å²) in [6, 6.07) is 11.8. The number of anilines is 2. The lowest BCUT2D eigenvalue weighted by Crippen LogP contribution is -2.03. The first-order valence-corrected chi connectivity index (χ1v) is 6.13. The number of ether oxygens (including phenoxy) is 1. The third-order valence-electron chi connectivity index (χ3n) is 2.42. The van der Waals surface area contributed by atoms with E-state index in [1.54, 1.807) is 6.08 Å². The van der Waals surface area contributed by atoms with Crippen molar-refractivity contribution < 1.29 is 4.74 Å². The highest BCUT2D eigenvalue weighted by Gasteiger charge is 2.02. The first-order chi connectivity index (χ1) is 9.28. The van der Waals surface area contributed by atoms with E-state index in [9.17, 15) is 0 Å². The fourth-order valence-electron chi connectivity index (χ4n) is 1.66. The third kappa shape index (κ3) is 4.19.